The van der Waals surface area contributed by atoms with E-state index in [1.165, 1.54) is 5.56 Å². The lowest BCUT2D eigenvalue weighted by atomic mass is 9.87. The highest BCUT2D eigenvalue weighted by Gasteiger charge is 2.31. The number of fused-ring (bicyclic) bond motifs is 1. The van der Waals surface area contributed by atoms with Gasteiger partial charge in [0.1, 0.15) is 29.1 Å². The number of hydrogen-bond acceptors (Lipinski definition) is 5. The third kappa shape index (κ3) is 4.59. The third-order valence-corrected chi connectivity index (χ3v) is 6.70. The summed E-state index contributed by atoms with van der Waals surface area (Å²) in [6.07, 6.45) is 1.94. The zero-order valence-corrected chi connectivity index (χ0v) is 20.1. The van der Waals surface area contributed by atoms with Crippen molar-refractivity contribution in [2.24, 2.45) is 13.0 Å². The summed E-state index contributed by atoms with van der Waals surface area (Å²) in [6.45, 7) is 10.4. The summed E-state index contributed by atoms with van der Waals surface area (Å²) < 4.78 is 8.08. The van der Waals surface area contributed by atoms with Crippen LogP contribution in [0.15, 0.2) is 47.3 Å². The Kier molecular flexibility index (Phi) is 6.16. The van der Waals surface area contributed by atoms with Crippen molar-refractivity contribution in [1.82, 2.24) is 9.55 Å². The highest BCUT2D eigenvalue weighted by atomic mass is 16.5. The van der Waals surface area contributed by atoms with Gasteiger partial charge in [0.2, 0.25) is 0 Å². The lowest BCUT2D eigenvalue weighted by Crippen LogP contribution is -2.46. The minimum atomic E-state index is -0.0746. The minimum Gasteiger partial charge on any atom is -0.490 e. The van der Waals surface area contributed by atoms with Gasteiger partial charge in [-0.1, -0.05) is 39.8 Å². The van der Waals surface area contributed by atoms with Crippen molar-refractivity contribution in [1.29, 1.82) is 5.26 Å². The molecule has 0 aliphatic carbocycles. The maximum absolute atomic E-state index is 12.6. The average Bonchev–Trinajstić information content (AvgIpc) is 2.81. The molecule has 2 aromatic heterocycles. The van der Waals surface area contributed by atoms with Crippen LogP contribution < -0.4 is 15.2 Å². The van der Waals surface area contributed by atoms with Gasteiger partial charge in [-0.3, -0.25) is 4.79 Å². The summed E-state index contributed by atoms with van der Waals surface area (Å²) in [5, 5.41) is 9.34. The fourth-order valence-electron chi connectivity index (χ4n) is 4.60. The molecule has 0 saturated carbocycles. The second-order valence-electron chi connectivity index (χ2n) is 9.94. The standard InChI is InChI=1S/C27H32N4O2/c1-6-18-17-31(13-12-24(18)33-21-9-7-8-19(14-21)27(2,3)4)23-15-25(32)30(5)22-11-10-20(16-28)29-26(22)23/h7-11,14-15,18,24H,6,12-13,17H2,1-5H3/t18?,24-/m0/s1. The minimum absolute atomic E-state index is 0.0721. The summed E-state index contributed by atoms with van der Waals surface area (Å²) in [5.74, 6) is 1.23. The predicted molar refractivity (Wildman–Crippen MR) is 132 cm³/mol. The summed E-state index contributed by atoms with van der Waals surface area (Å²) in [4.78, 5) is 19.4. The van der Waals surface area contributed by atoms with E-state index in [2.05, 4.69) is 61.8 Å². The van der Waals surface area contributed by atoms with Crippen molar-refractivity contribution in [2.75, 3.05) is 18.0 Å². The number of nitrogens with zero attached hydrogens (tertiary/aromatic N) is 4. The normalized spacial score (nSPS) is 18.8. The first-order valence-electron chi connectivity index (χ1n) is 11.6. The number of nitriles is 1. The fraction of sp³-hybridized carbons (Fsp3) is 0.444. The van der Waals surface area contributed by atoms with Gasteiger partial charge >= 0.3 is 0 Å². The zero-order valence-electron chi connectivity index (χ0n) is 20.1. The maximum Gasteiger partial charge on any atom is 0.252 e. The average molecular weight is 445 g/mol. The van der Waals surface area contributed by atoms with E-state index in [0.717, 1.165) is 42.9 Å². The molecule has 1 aliphatic heterocycles. The zero-order chi connectivity index (χ0) is 23.8. The Bertz CT molecular complexity index is 1270. The molecule has 0 bridgehead atoms. The molecule has 0 radical (unpaired) electrons. The number of benzene rings is 1. The van der Waals surface area contributed by atoms with Gasteiger partial charge in [-0.2, -0.15) is 5.26 Å². The summed E-state index contributed by atoms with van der Waals surface area (Å²) in [5.41, 5.74) is 3.85. The van der Waals surface area contributed by atoms with Crippen LogP contribution in [0.5, 0.6) is 5.75 Å². The second-order valence-corrected chi connectivity index (χ2v) is 9.94. The molecular formula is C27H32N4O2. The van der Waals surface area contributed by atoms with Gasteiger partial charge in [0.15, 0.2) is 0 Å². The van der Waals surface area contributed by atoms with E-state index in [1.807, 2.05) is 6.07 Å². The van der Waals surface area contributed by atoms with Crippen LogP contribution in [0, 0.1) is 17.2 Å². The number of aryl methyl sites for hydroxylation is 1. The van der Waals surface area contributed by atoms with Crippen molar-refractivity contribution in [3.63, 3.8) is 0 Å². The van der Waals surface area contributed by atoms with E-state index in [9.17, 15) is 10.1 Å². The quantitative estimate of drug-likeness (QED) is 0.579. The molecule has 33 heavy (non-hydrogen) atoms. The molecule has 1 aliphatic rings. The Morgan fingerprint density at radius 3 is 2.70 bits per heavy atom. The molecule has 0 spiro atoms. The number of anilines is 1. The lowest BCUT2D eigenvalue weighted by Gasteiger charge is -2.39. The lowest BCUT2D eigenvalue weighted by molar-refractivity contribution is 0.109. The van der Waals surface area contributed by atoms with E-state index in [0.29, 0.717) is 17.1 Å². The third-order valence-electron chi connectivity index (χ3n) is 6.70. The SMILES string of the molecule is CCC1CN(c2cc(=O)n(C)c3ccc(C#N)nc23)CC[C@@H]1Oc1cccc(C(C)(C)C)c1. The first-order chi connectivity index (χ1) is 15.7. The first kappa shape index (κ1) is 22.8. The number of piperidine rings is 1. The number of pyridine rings is 2. The van der Waals surface area contributed by atoms with Crippen LogP contribution in [-0.2, 0) is 12.5 Å². The van der Waals surface area contributed by atoms with Gasteiger partial charge in [0.05, 0.1) is 11.2 Å². The Labute approximate surface area is 195 Å². The van der Waals surface area contributed by atoms with Crippen molar-refractivity contribution in [3.05, 3.63) is 64.1 Å². The molecule has 1 unspecified atom stereocenters. The molecule has 2 atom stereocenters. The van der Waals surface area contributed by atoms with E-state index in [1.54, 1.807) is 29.8 Å². The molecule has 0 amide bonds. The molecule has 172 valence electrons. The van der Waals surface area contributed by atoms with Gasteiger partial charge in [-0.15, -0.1) is 0 Å². The maximum atomic E-state index is 12.6. The van der Waals surface area contributed by atoms with Crippen molar-refractivity contribution < 1.29 is 4.74 Å². The van der Waals surface area contributed by atoms with E-state index in [-0.39, 0.29) is 17.1 Å². The van der Waals surface area contributed by atoms with E-state index in [4.69, 9.17) is 4.74 Å². The number of ether oxygens (including phenoxy) is 1. The molecular weight excluding hydrogens is 412 g/mol. The van der Waals surface area contributed by atoms with Gasteiger partial charge in [0, 0.05) is 38.5 Å². The molecule has 0 N–H and O–H groups in total. The summed E-state index contributed by atoms with van der Waals surface area (Å²) >= 11 is 0. The van der Waals surface area contributed by atoms with Crippen LogP contribution in [0.3, 0.4) is 0 Å². The van der Waals surface area contributed by atoms with Gasteiger partial charge in [0.25, 0.3) is 5.56 Å². The number of hydrogen-bond donors (Lipinski definition) is 0. The molecule has 6 heteroatoms. The van der Waals surface area contributed by atoms with Crippen LogP contribution >= 0.6 is 0 Å². The van der Waals surface area contributed by atoms with Crippen LogP contribution in [0.4, 0.5) is 5.69 Å². The van der Waals surface area contributed by atoms with Crippen LogP contribution in [0.1, 0.15) is 51.8 Å². The Morgan fingerprint density at radius 2 is 2.00 bits per heavy atom. The smallest absolute Gasteiger partial charge is 0.252 e. The van der Waals surface area contributed by atoms with Crippen LogP contribution in [0.2, 0.25) is 0 Å². The molecule has 3 aromatic rings. The highest BCUT2D eigenvalue weighted by Crippen LogP contribution is 2.32. The molecule has 1 fully saturated rings. The predicted octanol–water partition coefficient (Wildman–Crippen LogP) is 4.79. The summed E-state index contributed by atoms with van der Waals surface area (Å²) in [6, 6.07) is 15.6. The fourth-order valence-corrected chi connectivity index (χ4v) is 4.60. The van der Waals surface area contributed by atoms with Crippen LogP contribution in [0.25, 0.3) is 11.0 Å². The molecule has 4 rings (SSSR count). The van der Waals surface area contributed by atoms with Gasteiger partial charge in [-0.25, -0.2) is 4.98 Å². The van der Waals surface area contributed by atoms with Gasteiger partial charge in [-0.05, 0) is 41.7 Å². The Hall–Kier alpha value is -3.33. The summed E-state index contributed by atoms with van der Waals surface area (Å²) in [7, 11) is 1.74. The number of aromatic nitrogens is 2. The first-order valence-corrected chi connectivity index (χ1v) is 11.6. The Balaban J connectivity index is 1.61. The Morgan fingerprint density at radius 1 is 1.21 bits per heavy atom. The second kappa shape index (κ2) is 8.90. The largest absolute Gasteiger partial charge is 0.490 e. The van der Waals surface area contributed by atoms with Crippen LogP contribution in [-0.4, -0.2) is 28.7 Å². The van der Waals surface area contributed by atoms with Crippen molar-refractivity contribution in [2.45, 2.75) is 52.1 Å². The number of rotatable bonds is 4. The van der Waals surface area contributed by atoms with E-state index < -0.39 is 0 Å². The monoisotopic (exact) mass is 444 g/mol. The van der Waals surface area contributed by atoms with Crippen molar-refractivity contribution >= 4 is 16.7 Å². The topological polar surface area (TPSA) is 71.2 Å². The van der Waals surface area contributed by atoms with Crippen molar-refractivity contribution in [3.8, 4) is 11.8 Å². The highest BCUT2D eigenvalue weighted by molar-refractivity contribution is 5.88. The molecule has 6 nitrogen and oxygen atoms in total. The van der Waals surface area contributed by atoms with Gasteiger partial charge < -0.3 is 14.2 Å². The molecule has 1 aromatic carbocycles. The van der Waals surface area contributed by atoms with E-state index >= 15 is 0 Å². The molecule has 3 heterocycles. The molecule has 1 saturated heterocycles.